The molecule has 0 saturated carbocycles. The Hall–Kier alpha value is -2.04. The molecule has 2 rings (SSSR count). The summed E-state index contributed by atoms with van der Waals surface area (Å²) in [6, 6.07) is 16.7. The molecule has 190 valence electrons. The Morgan fingerprint density at radius 1 is 0.382 bits per heavy atom. The summed E-state index contributed by atoms with van der Waals surface area (Å²) < 4.78 is 11.8. The molecule has 2 N–H and O–H groups in total. The fraction of sp³-hybridized carbons (Fsp3) is 0.600. The van der Waals surface area contributed by atoms with Gasteiger partial charge in [0.2, 0.25) is 0 Å². The Morgan fingerprint density at radius 3 is 1.00 bits per heavy atom. The molecule has 0 spiro atoms. The van der Waals surface area contributed by atoms with Crippen molar-refractivity contribution in [2.24, 2.45) is 0 Å². The van der Waals surface area contributed by atoms with E-state index < -0.39 is 0 Å². The molecular weight excluding hydrogens is 424 g/mol. The Bertz CT molecular complexity index is 648. The lowest BCUT2D eigenvalue weighted by atomic mass is 10.1. The summed E-state index contributed by atoms with van der Waals surface area (Å²) >= 11 is 0. The minimum absolute atomic E-state index is 0.320. The van der Waals surface area contributed by atoms with Gasteiger partial charge in [0, 0.05) is 13.2 Å². The van der Waals surface area contributed by atoms with Crippen LogP contribution in [-0.4, -0.2) is 36.6 Å². The SMILES string of the molecule is OCCCCCCCCCOc1ccc(-c2ccc(OCCCCCCCCCO)cc2)cc1. The molecular formula is C30H46O4. The minimum atomic E-state index is 0.320. The van der Waals surface area contributed by atoms with E-state index in [1.54, 1.807) is 0 Å². The number of hydrogen-bond acceptors (Lipinski definition) is 4. The van der Waals surface area contributed by atoms with Crippen LogP contribution in [0.5, 0.6) is 11.5 Å². The lowest BCUT2D eigenvalue weighted by molar-refractivity contribution is 0.281. The monoisotopic (exact) mass is 470 g/mol. The highest BCUT2D eigenvalue weighted by Crippen LogP contribution is 2.25. The molecule has 0 fully saturated rings. The average molecular weight is 471 g/mol. The molecule has 0 radical (unpaired) electrons. The Balaban J connectivity index is 1.57. The van der Waals surface area contributed by atoms with Gasteiger partial charge >= 0.3 is 0 Å². The Labute approximate surface area is 207 Å². The molecule has 0 aromatic heterocycles. The van der Waals surface area contributed by atoms with Gasteiger partial charge in [-0.1, -0.05) is 88.5 Å². The molecule has 0 saturated heterocycles. The predicted molar refractivity (Wildman–Crippen MR) is 142 cm³/mol. The zero-order valence-electron chi connectivity index (χ0n) is 21.1. The summed E-state index contributed by atoms with van der Waals surface area (Å²) in [5.41, 5.74) is 2.37. The first-order chi connectivity index (χ1) is 16.8. The quantitative estimate of drug-likeness (QED) is 0.185. The molecule has 2 aromatic rings. The number of rotatable bonds is 21. The predicted octanol–water partition coefficient (Wildman–Crippen LogP) is 7.56. The third-order valence-corrected chi connectivity index (χ3v) is 6.18. The van der Waals surface area contributed by atoms with E-state index in [4.69, 9.17) is 19.7 Å². The van der Waals surface area contributed by atoms with Crippen LogP contribution in [-0.2, 0) is 0 Å². The second-order valence-corrected chi connectivity index (χ2v) is 9.14. The molecule has 0 aliphatic carbocycles. The van der Waals surface area contributed by atoms with E-state index in [0.29, 0.717) is 13.2 Å². The lowest BCUT2D eigenvalue weighted by Crippen LogP contribution is -1.97. The molecule has 2 aromatic carbocycles. The van der Waals surface area contributed by atoms with Crippen LogP contribution in [0.4, 0.5) is 0 Å². The van der Waals surface area contributed by atoms with E-state index in [1.807, 2.05) is 0 Å². The molecule has 0 aliphatic rings. The van der Waals surface area contributed by atoms with Crippen molar-refractivity contribution >= 4 is 0 Å². The standard InChI is InChI=1S/C30H46O4/c31-23-11-7-3-1-5-9-13-25-33-29-19-15-27(16-20-29)28-17-21-30(22-18-28)34-26-14-10-6-2-4-8-12-24-32/h15-22,31-32H,1-14,23-26H2. The summed E-state index contributed by atoms with van der Waals surface area (Å²) in [4.78, 5) is 0. The number of hydrogen-bond donors (Lipinski definition) is 2. The maximum Gasteiger partial charge on any atom is 0.119 e. The van der Waals surface area contributed by atoms with E-state index in [1.165, 1.54) is 62.5 Å². The zero-order chi connectivity index (χ0) is 24.1. The highest BCUT2D eigenvalue weighted by atomic mass is 16.5. The van der Waals surface area contributed by atoms with Crippen LogP contribution in [0.25, 0.3) is 11.1 Å². The summed E-state index contributed by atoms with van der Waals surface area (Å²) in [5, 5.41) is 17.6. The van der Waals surface area contributed by atoms with Gasteiger partial charge in [-0.05, 0) is 61.1 Å². The van der Waals surface area contributed by atoms with Gasteiger partial charge in [-0.2, -0.15) is 0 Å². The number of ether oxygens (including phenoxy) is 2. The number of aliphatic hydroxyl groups is 2. The maximum absolute atomic E-state index is 8.79. The normalized spacial score (nSPS) is 11.0. The van der Waals surface area contributed by atoms with Gasteiger partial charge in [-0.15, -0.1) is 0 Å². The summed E-state index contributed by atoms with van der Waals surface area (Å²) in [7, 11) is 0. The number of unbranched alkanes of at least 4 members (excludes halogenated alkanes) is 12. The van der Waals surface area contributed by atoms with Gasteiger partial charge in [-0.3, -0.25) is 0 Å². The van der Waals surface area contributed by atoms with Gasteiger partial charge in [0.15, 0.2) is 0 Å². The second-order valence-electron chi connectivity index (χ2n) is 9.14. The molecule has 4 heteroatoms. The third kappa shape index (κ3) is 13.0. The van der Waals surface area contributed by atoms with Crippen LogP contribution < -0.4 is 9.47 Å². The maximum atomic E-state index is 8.79. The lowest BCUT2D eigenvalue weighted by Gasteiger charge is -2.09. The van der Waals surface area contributed by atoms with Crippen LogP contribution in [0.2, 0.25) is 0 Å². The van der Waals surface area contributed by atoms with Crippen molar-refractivity contribution < 1.29 is 19.7 Å². The van der Waals surface area contributed by atoms with E-state index >= 15 is 0 Å². The van der Waals surface area contributed by atoms with E-state index in [0.717, 1.165) is 63.2 Å². The highest BCUT2D eigenvalue weighted by Gasteiger charge is 2.01. The van der Waals surface area contributed by atoms with Crippen molar-refractivity contribution in [2.75, 3.05) is 26.4 Å². The van der Waals surface area contributed by atoms with Gasteiger partial charge in [-0.25, -0.2) is 0 Å². The molecule has 0 bridgehead atoms. The van der Waals surface area contributed by atoms with Crippen molar-refractivity contribution in [1.29, 1.82) is 0 Å². The Morgan fingerprint density at radius 2 is 0.676 bits per heavy atom. The van der Waals surface area contributed by atoms with Gasteiger partial charge < -0.3 is 19.7 Å². The smallest absolute Gasteiger partial charge is 0.119 e. The van der Waals surface area contributed by atoms with Crippen LogP contribution in [0.3, 0.4) is 0 Å². The molecule has 34 heavy (non-hydrogen) atoms. The van der Waals surface area contributed by atoms with Crippen molar-refractivity contribution in [1.82, 2.24) is 0 Å². The molecule has 0 unspecified atom stereocenters. The fourth-order valence-electron chi connectivity index (χ4n) is 4.06. The van der Waals surface area contributed by atoms with E-state index in [9.17, 15) is 0 Å². The molecule has 0 heterocycles. The van der Waals surface area contributed by atoms with E-state index in [2.05, 4.69) is 48.5 Å². The average Bonchev–Trinajstić information content (AvgIpc) is 2.87. The Kier molecular flexibility index (Phi) is 16.0. The fourth-order valence-corrected chi connectivity index (χ4v) is 4.06. The van der Waals surface area contributed by atoms with Gasteiger partial charge in [0.1, 0.15) is 11.5 Å². The van der Waals surface area contributed by atoms with Crippen LogP contribution in [0.1, 0.15) is 89.9 Å². The van der Waals surface area contributed by atoms with Crippen LogP contribution in [0, 0.1) is 0 Å². The van der Waals surface area contributed by atoms with Crippen molar-refractivity contribution in [2.45, 2.75) is 89.9 Å². The van der Waals surface area contributed by atoms with E-state index in [-0.39, 0.29) is 0 Å². The number of benzene rings is 2. The third-order valence-electron chi connectivity index (χ3n) is 6.18. The molecule has 4 nitrogen and oxygen atoms in total. The summed E-state index contributed by atoms with van der Waals surface area (Å²) in [5.74, 6) is 1.86. The topological polar surface area (TPSA) is 58.9 Å². The second kappa shape index (κ2) is 19.3. The van der Waals surface area contributed by atoms with Crippen LogP contribution >= 0.6 is 0 Å². The van der Waals surface area contributed by atoms with Gasteiger partial charge in [0.05, 0.1) is 13.2 Å². The van der Waals surface area contributed by atoms with Crippen molar-refractivity contribution in [3.63, 3.8) is 0 Å². The zero-order valence-corrected chi connectivity index (χ0v) is 21.1. The first-order valence-electron chi connectivity index (χ1n) is 13.5. The molecule has 0 aliphatic heterocycles. The summed E-state index contributed by atoms with van der Waals surface area (Å²) in [6.07, 6.45) is 16.2. The number of aliphatic hydroxyl groups excluding tert-OH is 2. The van der Waals surface area contributed by atoms with Crippen molar-refractivity contribution in [3.05, 3.63) is 48.5 Å². The first-order valence-corrected chi connectivity index (χ1v) is 13.5. The minimum Gasteiger partial charge on any atom is -0.494 e. The molecule has 0 amide bonds. The van der Waals surface area contributed by atoms with Gasteiger partial charge in [0.25, 0.3) is 0 Å². The van der Waals surface area contributed by atoms with Crippen LogP contribution in [0.15, 0.2) is 48.5 Å². The molecule has 0 atom stereocenters. The van der Waals surface area contributed by atoms with Crippen molar-refractivity contribution in [3.8, 4) is 22.6 Å². The summed E-state index contributed by atoms with van der Waals surface area (Å²) in [6.45, 7) is 2.18. The first kappa shape index (κ1) is 28.2. The highest BCUT2D eigenvalue weighted by molar-refractivity contribution is 5.64. The largest absolute Gasteiger partial charge is 0.494 e.